The first-order valence-corrected chi connectivity index (χ1v) is 15.6. The van der Waals surface area contributed by atoms with E-state index >= 15 is 0 Å². The molecule has 14 heteroatoms. The van der Waals surface area contributed by atoms with Gasteiger partial charge in [-0.2, -0.15) is 5.21 Å². The molecular weight excluding hydrogens is 622 g/mol. The van der Waals surface area contributed by atoms with Crippen LogP contribution in [0.3, 0.4) is 0 Å². The Kier molecular flexibility index (Phi) is 7.73. The summed E-state index contributed by atoms with van der Waals surface area (Å²) >= 11 is 7.12. The molecule has 7 rings (SSSR count). The third kappa shape index (κ3) is 5.21. The van der Waals surface area contributed by atoms with Crippen LogP contribution >= 0.6 is 11.6 Å². The van der Waals surface area contributed by atoms with E-state index < -0.39 is 17.2 Å². The quantitative estimate of drug-likeness (QED) is 0.268. The summed E-state index contributed by atoms with van der Waals surface area (Å²) in [7, 11) is 4.47. The molecule has 5 aromatic rings. The number of aryl methyl sites for hydroxylation is 2. The molecule has 4 heterocycles. The van der Waals surface area contributed by atoms with E-state index in [1.54, 1.807) is 13.2 Å². The van der Waals surface area contributed by atoms with Gasteiger partial charge >= 0.3 is 5.69 Å². The minimum absolute atomic E-state index is 0.140. The number of aromatic nitrogens is 7. The Hall–Kier alpha value is -5.14. The standard InChI is InChI=1S/C33H32ClN9O4/c1-17-20(7-6-10-24(17)35-30(44)23-16-41(2)33(46)42(3)32(23)45)21-8-5-9-22(28(21)34)25-13-18-11-12-26(27(18)31(36-25)47-4)43-14-19(15-43)29-37-39-40-38-29/h5-10,13,16,19,26H,11-12,14-15H2,1-4H3,(H,35,44)(H,37,38,39,40)/t26-/m0/s1. The van der Waals surface area contributed by atoms with Crippen LogP contribution in [-0.2, 0) is 20.5 Å². The van der Waals surface area contributed by atoms with Gasteiger partial charge in [-0.05, 0) is 48.6 Å². The van der Waals surface area contributed by atoms with E-state index in [1.165, 1.54) is 30.4 Å². The molecule has 1 saturated heterocycles. The number of benzene rings is 2. The number of halogens is 1. The number of fused-ring (bicyclic) bond motifs is 1. The van der Waals surface area contributed by atoms with Gasteiger partial charge in [-0.1, -0.05) is 47.1 Å². The zero-order chi connectivity index (χ0) is 33.0. The van der Waals surface area contributed by atoms with E-state index in [2.05, 4.69) is 36.9 Å². The van der Waals surface area contributed by atoms with E-state index in [0.29, 0.717) is 22.3 Å². The lowest BCUT2D eigenvalue weighted by molar-refractivity contribution is 0.0860. The van der Waals surface area contributed by atoms with Crippen molar-refractivity contribution < 1.29 is 9.53 Å². The summed E-state index contributed by atoms with van der Waals surface area (Å²) in [5.41, 5.74) is 5.31. The molecule has 0 unspecified atom stereocenters. The van der Waals surface area contributed by atoms with Crippen molar-refractivity contribution in [3.05, 3.63) is 103 Å². The summed E-state index contributed by atoms with van der Waals surface area (Å²) in [6.45, 7) is 3.58. The molecular formula is C33H32ClN9O4. The number of pyridine rings is 1. The van der Waals surface area contributed by atoms with Crippen LogP contribution in [-0.4, -0.2) is 65.7 Å². The number of amides is 1. The van der Waals surface area contributed by atoms with Crippen LogP contribution in [0.4, 0.5) is 5.69 Å². The summed E-state index contributed by atoms with van der Waals surface area (Å²) in [5.74, 6) is 0.981. The molecule has 0 radical (unpaired) electrons. The Morgan fingerprint density at radius 3 is 2.57 bits per heavy atom. The van der Waals surface area contributed by atoms with Crippen molar-refractivity contribution in [1.29, 1.82) is 0 Å². The summed E-state index contributed by atoms with van der Waals surface area (Å²) in [6, 6.07) is 13.6. The molecule has 1 amide bonds. The zero-order valence-corrected chi connectivity index (χ0v) is 27.0. The second kappa shape index (κ2) is 11.9. The predicted molar refractivity (Wildman–Crippen MR) is 176 cm³/mol. The first-order chi connectivity index (χ1) is 22.7. The van der Waals surface area contributed by atoms with Crippen LogP contribution < -0.4 is 21.3 Å². The number of anilines is 1. The van der Waals surface area contributed by atoms with Crippen LogP contribution in [0.2, 0.25) is 5.02 Å². The fraction of sp³-hybridized carbons (Fsp3) is 0.303. The lowest BCUT2D eigenvalue weighted by Gasteiger charge is -2.42. The number of hydrogen-bond donors (Lipinski definition) is 2. The molecule has 1 aliphatic heterocycles. The molecule has 3 aromatic heterocycles. The number of tetrazole rings is 1. The Morgan fingerprint density at radius 2 is 1.83 bits per heavy atom. The molecule has 47 heavy (non-hydrogen) atoms. The number of hydrogen-bond acceptors (Lipinski definition) is 9. The van der Waals surface area contributed by atoms with Crippen molar-refractivity contribution in [1.82, 2.24) is 39.6 Å². The van der Waals surface area contributed by atoms with E-state index in [9.17, 15) is 14.4 Å². The molecule has 0 bridgehead atoms. The van der Waals surface area contributed by atoms with Gasteiger partial charge < -0.3 is 14.6 Å². The molecule has 2 aromatic carbocycles. The van der Waals surface area contributed by atoms with Gasteiger partial charge in [0.25, 0.3) is 11.5 Å². The van der Waals surface area contributed by atoms with Crippen molar-refractivity contribution in [2.75, 3.05) is 25.5 Å². The normalized spacial score (nSPS) is 16.1. The fourth-order valence-corrected chi connectivity index (χ4v) is 6.99. The van der Waals surface area contributed by atoms with E-state index in [4.69, 9.17) is 21.3 Å². The highest BCUT2D eigenvalue weighted by Crippen LogP contribution is 2.47. The minimum Gasteiger partial charge on any atom is -0.481 e. The van der Waals surface area contributed by atoms with E-state index in [0.717, 1.165) is 64.1 Å². The first-order valence-electron chi connectivity index (χ1n) is 15.2. The SMILES string of the molecule is COc1nc(-c2cccc(-c3cccc(NC(=O)c4cn(C)c(=O)n(C)c4=O)c3C)c2Cl)cc2c1[C@@H](N1CC(c3nn[nH]n3)C1)CC2. The van der Waals surface area contributed by atoms with Crippen LogP contribution in [0.1, 0.15) is 51.3 Å². The summed E-state index contributed by atoms with van der Waals surface area (Å²) in [4.78, 5) is 45.3. The molecule has 240 valence electrons. The van der Waals surface area contributed by atoms with Gasteiger partial charge in [0.1, 0.15) is 5.56 Å². The number of carbonyl (C=O) groups excluding carboxylic acids is 1. The van der Waals surface area contributed by atoms with Crippen molar-refractivity contribution in [2.24, 2.45) is 14.1 Å². The Labute approximate surface area is 274 Å². The second-order valence-electron chi connectivity index (χ2n) is 12.0. The van der Waals surface area contributed by atoms with Gasteiger partial charge in [-0.15, -0.1) is 10.2 Å². The van der Waals surface area contributed by atoms with E-state index in [-0.39, 0.29) is 17.5 Å². The fourth-order valence-electron chi connectivity index (χ4n) is 6.67. The Bertz CT molecular complexity index is 2150. The minimum atomic E-state index is -0.670. The third-order valence-corrected chi connectivity index (χ3v) is 9.65. The number of aromatic amines is 1. The maximum absolute atomic E-state index is 13.2. The lowest BCUT2D eigenvalue weighted by Crippen LogP contribution is -2.46. The van der Waals surface area contributed by atoms with Crippen LogP contribution in [0.5, 0.6) is 5.88 Å². The van der Waals surface area contributed by atoms with Gasteiger partial charge in [0.15, 0.2) is 5.82 Å². The largest absolute Gasteiger partial charge is 0.481 e. The van der Waals surface area contributed by atoms with Crippen molar-refractivity contribution in [3.8, 4) is 28.3 Å². The number of rotatable bonds is 7. The van der Waals surface area contributed by atoms with Crippen molar-refractivity contribution in [3.63, 3.8) is 0 Å². The van der Waals surface area contributed by atoms with Gasteiger partial charge in [0, 0.05) is 67.7 Å². The van der Waals surface area contributed by atoms with Gasteiger partial charge in [0.05, 0.1) is 17.8 Å². The van der Waals surface area contributed by atoms with Gasteiger partial charge in [-0.3, -0.25) is 19.1 Å². The maximum atomic E-state index is 13.2. The predicted octanol–water partition coefficient (Wildman–Crippen LogP) is 3.64. The molecule has 13 nitrogen and oxygen atoms in total. The molecule has 0 saturated carbocycles. The number of nitrogens with one attached hydrogen (secondary N) is 2. The highest BCUT2D eigenvalue weighted by molar-refractivity contribution is 6.36. The molecule has 2 N–H and O–H groups in total. The molecule has 1 aliphatic carbocycles. The van der Waals surface area contributed by atoms with Crippen LogP contribution in [0.25, 0.3) is 22.4 Å². The number of carbonyl (C=O) groups is 1. The molecule has 2 aliphatic rings. The lowest BCUT2D eigenvalue weighted by atomic mass is 9.94. The highest BCUT2D eigenvalue weighted by atomic mass is 35.5. The van der Waals surface area contributed by atoms with Crippen LogP contribution in [0, 0.1) is 6.92 Å². The Balaban J connectivity index is 1.18. The third-order valence-electron chi connectivity index (χ3n) is 9.24. The number of likely N-dealkylation sites (tertiary alicyclic amines) is 1. The molecule has 1 atom stereocenters. The number of nitrogens with zero attached hydrogens (tertiary/aromatic N) is 7. The first kappa shape index (κ1) is 30.5. The Morgan fingerprint density at radius 1 is 1.09 bits per heavy atom. The summed E-state index contributed by atoms with van der Waals surface area (Å²) < 4.78 is 7.96. The number of ether oxygens (including phenoxy) is 1. The summed E-state index contributed by atoms with van der Waals surface area (Å²) in [5, 5.41) is 17.9. The van der Waals surface area contributed by atoms with Gasteiger partial charge in [0.2, 0.25) is 5.88 Å². The molecule has 0 spiro atoms. The average Bonchev–Trinajstić information content (AvgIpc) is 3.73. The van der Waals surface area contributed by atoms with Gasteiger partial charge in [-0.25, -0.2) is 9.78 Å². The smallest absolute Gasteiger partial charge is 0.330 e. The molecule has 1 fully saturated rings. The average molecular weight is 654 g/mol. The van der Waals surface area contributed by atoms with Crippen molar-refractivity contribution in [2.45, 2.75) is 31.7 Å². The summed E-state index contributed by atoms with van der Waals surface area (Å²) in [6.07, 6.45) is 3.11. The van der Waals surface area contributed by atoms with E-state index in [1.807, 2.05) is 37.3 Å². The van der Waals surface area contributed by atoms with Crippen molar-refractivity contribution >= 4 is 23.2 Å². The topological polar surface area (TPSA) is 153 Å². The number of methoxy groups -OCH3 is 1. The maximum Gasteiger partial charge on any atom is 0.330 e. The monoisotopic (exact) mass is 653 g/mol. The van der Waals surface area contributed by atoms with Crippen LogP contribution in [0.15, 0.2) is 58.3 Å². The number of H-pyrrole nitrogens is 1. The second-order valence-corrected chi connectivity index (χ2v) is 12.3. The zero-order valence-electron chi connectivity index (χ0n) is 26.2. The highest BCUT2D eigenvalue weighted by Gasteiger charge is 2.40.